The van der Waals surface area contributed by atoms with Crippen molar-refractivity contribution in [1.82, 2.24) is 19.5 Å². The number of nitrogens with two attached hydrogens (primary N) is 1. The van der Waals surface area contributed by atoms with Gasteiger partial charge in [0.25, 0.3) is 0 Å². The van der Waals surface area contributed by atoms with Crippen LogP contribution in [0.2, 0.25) is 0 Å². The maximum absolute atomic E-state index is 12.4. The molecule has 0 atom stereocenters. The van der Waals surface area contributed by atoms with Crippen molar-refractivity contribution in [2.45, 2.75) is 30.8 Å². The van der Waals surface area contributed by atoms with Gasteiger partial charge >= 0.3 is 5.69 Å². The maximum atomic E-state index is 12.4. The third kappa shape index (κ3) is 4.15. The minimum atomic E-state index is -0.225. The van der Waals surface area contributed by atoms with Gasteiger partial charge in [-0.05, 0) is 12.0 Å². The number of benzene rings is 1. The second-order valence-corrected chi connectivity index (χ2v) is 7.28. The van der Waals surface area contributed by atoms with Crippen molar-refractivity contribution in [2.24, 2.45) is 0 Å². The molecule has 3 heterocycles. The minimum absolute atomic E-state index is 0.158. The number of anilines is 1. The van der Waals surface area contributed by atoms with Gasteiger partial charge in [0.15, 0.2) is 22.9 Å². The molecule has 0 unspecified atom stereocenters. The van der Waals surface area contributed by atoms with Gasteiger partial charge in [-0.15, -0.1) is 0 Å². The Kier molecular flexibility index (Phi) is 5.42. The number of rotatable bonds is 7. The van der Waals surface area contributed by atoms with Gasteiger partial charge in [-0.2, -0.15) is 0 Å². The van der Waals surface area contributed by atoms with Crippen LogP contribution in [-0.2, 0) is 22.4 Å². The fourth-order valence-electron chi connectivity index (χ4n) is 3.01. The molecule has 1 aliphatic heterocycles. The Morgan fingerprint density at radius 1 is 1.22 bits per heavy atom. The maximum Gasteiger partial charge on any atom is 0.327 e. The van der Waals surface area contributed by atoms with Crippen molar-refractivity contribution < 1.29 is 9.47 Å². The standard InChI is InChI=1S/C18H21N5O3S/c19-15-14-16(22-17(21-15)27-11-7-13-25-9-10-26-13)23(18(24)20-14)8-6-12-4-2-1-3-5-12/h1-5,13H,6-11H2,(H,20,24)(H2,19,21,22). The number of H-pyrrole nitrogens is 1. The SMILES string of the molecule is Nc1nc(SCCC2OCCO2)nc2c1[nH]c(=O)n2CCc1ccccc1. The van der Waals surface area contributed by atoms with E-state index in [1.54, 1.807) is 4.57 Å². The zero-order valence-corrected chi connectivity index (χ0v) is 15.6. The normalized spacial score (nSPS) is 15.0. The summed E-state index contributed by atoms with van der Waals surface area (Å²) >= 11 is 1.48. The van der Waals surface area contributed by atoms with Crippen molar-refractivity contribution in [1.29, 1.82) is 0 Å². The Morgan fingerprint density at radius 2 is 2.00 bits per heavy atom. The van der Waals surface area contributed by atoms with Gasteiger partial charge in [-0.1, -0.05) is 42.1 Å². The molecule has 0 spiro atoms. The first-order valence-electron chi connectivity index (χ1n) is 8.86. The molecule has 1 saturated heterocycles. The van der Waals surface area contributed by atoms with E-state index in [1.807, 2.05) is 30.3 Å². The van der Waals surface area contributed by atoms with Gasteiger partial charge in [0.05, 0.1) is 13.2 Å². The number of aryl methyl sites for hydroxylation is 2. The topological polar surface area (TPSA) is 108 Å². The van der Waals surface area contributed by atoms with Crippen LogP contribution in [0.25, 0.3) is 11.2 Å². The molecule has 4 rings (SSSR count). The van der Waals surface area contributed by atoms with E-state index in [9.17, 15) is 4.79 Å². The number of hydrogen-bond donors (Lipinski definition) is 2. The predicted octanol–water partition coefficient (Wildman–Crippen LogP) is 1.80. The van der Waals surface area contributed by atoms with Crippen molar-refractivity contribution >= 4 is 28.7 Å². The second-order valence-electron chi connectivity index (χ2n) is 6.22. The molecule has 2 aromatic heterocycles. The third-order valence-electron chi connectivity index (χ3n) is 4.37. The van der Waals surface area contributed by atoms with Crippen molar-refractivity contribution in [3.63, 3.8) is 0 Å². The largest absolute Gasteiger partial charge is 0.382 e. The number of imidazole rings is 1. The Hall–Kier alpha value is -2.36. The lowest BCUT2D eigenvalue weighted by Gasteiger charge is -2.08. The van der Waals surface area contributed by atoms with Crippen LogP contribution in [0.1, 0.15) is 12.0 Å². The third-order valence-corrected chi connectivity index (χ3v) is 5.25. The van der Waals surface area contributed by atoms with Crippen LogP contribution >= 0.6 is 11.8 Å². The van der Waals surface area contributed by atoms with Crippen LogP contribution in [0, 0.1) is 0 Å². The summed E-state index contributed by atoms with van der Waals surface area (Å²) in [7, 11) is 0. The second kappa shape index (κ2) is 8.12. The van der Waals surface area contributed by atoms with Crippen molar-refractivity contribution in [2.75, 3.05) is 24.7 Å². The monoisotopic (exact) mass is 387 g/mol. The summed E-state index contributed by atoms with van der Waals surface area (Å²) in [6.45, 7) is 1.80. The molecule has 3 N–H and O–H groups in total. The zero-order valence-electron chi connectivity index (χ0n) is 14.8. The summed E-state index contributed by atoms with van der Waals surface area (Å²) < 4.78 is 12.5. The van der Waals surface area contributed by atoms with Gasteiger partial charge in [0.1, 0.15) is 5.52 Å². The molecule has 27 heavy (non-hydrogen) atoms. The number of nitrogens with one attached hydrogen (secondary N) is 1. The number of aromatic nitrogens is 4. The van der Waals surface area contributed by atoms with E-state index in [0.29, 0.717) is 36.1 Å². The fraction of sp³-hybridized carbons (Fsp3) is 0.389. The van der Waals surface area contributed by atoms with Crippen LogP contribution < -0.4 is 11.4 Å². The van der Waals surface area contributed by atoms with E-state index in [-0.39, 0.29) is 17.8 Å². The molecule has 142 valence electrons. The molecule has 0 radical (unpaired) electrons. The minimum Gasteiger partial charge on any atom is -0.382 e. The lowest BCUT2D eigenvalue weighted by molar-refractivity contribution is -0.0421. The summed E-state index contributed by atoms with van der Waals surface area (Å²) in [6, 6.07) is 10.0. The van der Waals surface area contributed by atoms with Crippen LogP contribution in [0.4, 0.5) is 5.82 Å². The van der Waals surface area contributed by atoms with E-state index in [1.165, 1.54) is 11.8 Å². The van der Waals surface area contributed by atoms with E-state index in [0.717, 1.165) is 24.2 Å². The molecular weight excluding hydrogens is 366 g/mol. The van der Waals surface area contributed by atoms with Crippen LogP contribution in [-0.4, -0.2) is 44.8 Å². The summed E-state index contributed by atoms with van der Waals surface area (Å²) in [5, 5.41) is 0.547. The molecule has 0 bridgehead atoms. The molecule has 0 saturated carbocycles. The molecule has 9 heteroatoms. The zero-order chi connectivity index (χ0) is 18.6. The highest BCUT2D eigenvalue weighted by Gasteiger charge is 2.17. The fourth-order valence-corrected chi connectivity index (χ4v) is 3.82. The summed E-state index contributed by atoms with van der Waals surface area (Å²) in [5.74, 6) is 1.03. The Morgan fingerprint density at radius 3 is 2.78 bits per heavy atom. The highest BCUT2D eigenvalue weighted by Crippen LogP contribution is 2.22. The van der Waals surface area contributed by atoms with Gasteiger partial charge < -0.3 is 20.2 Å². The number of nitrogen functional groups attached to an aromatic ring is 1. The molecule has 0 amide bonds. The number of aromatic amines is 1. The predicted molar refractivity (Wildman–Crippen MR) is 104 cm³/mol. The molecular formula is C18H21N5O3S. The van der Waals surface area contributed by atoms with E-state index in [4.69, 9.17) is 15.2 Å². The summed E-state index contributed by atoms with van der Waals surface area (Å²) in [5.41, 5.74) is 8.00. The molecule has 8 nitrogen and oxygen atoms in total. The Labute approximate surface area is 160 Å². The van der Waals surface area contributed by atoms with Gasteiger partial charge in [-0.25, -0.2) is 14.8 Å². The Bertz CT molecular complexity index is 966. The quantitative estimate of drug-likeness (QED) is 0.470. The Balaban J connectivity index is 1.51. The lowest BCUT2D eigenvalue weighted by Crippen LogP contribution is -2.18. The van der Waals surface area contributed by atoms with E-state index >= 15 is 0 Å². The molecule has 1 fully saturated rings. The highest BCUT2D eigenvalue weighted by atomic mass is 32.2. The van der Waals surface area contributed by atoms with Gasteiger partial charge in [-0.3, -0.25) is 4.57 Å². The first-order valence-corrected chi connectivity index (χ1v) is 9.85. The number of thioether (sulfide) groups is 1. The number of nitrogens with zero attached hydrogens (tertiary/aromatic N) is 3. The number of hydrogen-bond acceptors (Lipinski definition) is 7. The average molecular weight is 387 g/mol. The van der Waals surface area contributed by atoms with Gasteiger partial charge in [0, 0.05) is 18.7 Å². The summed E-state index contributed by atoms with van der Waals surface area (Å²) in [6.07, 6.45) is 1.32. The van der Waals surface area contributed by atoms with Crippen molar-refractivity contribution in [3.8, 4) is 0 Å². The van der Waals surface area contributed by atoms with Crippen molar-refractivity contribution in [3.05, 3.63) is 46.4 Å². The van der Waals surface area contributed by atoms with Crippen LogP contribution in [0.15, 0.2) is 40.3 Å². The highest BCUT2D eigenvalue weighted by molar-refractivity contribution is 7.99. The first-order chi connectivity index (χ1) is 13.2. The number of ether oxygens (including phenoxy) is 2. The van der Waals surface area contributed by atoms with Gasteiger partial charge in [0.2, 0.25) is 0 Å². The molecule has 0 aliphatic carbocycles. The number of fused-ring (bicyclic) bond motifs is 1. The first kappa shape index (κ1) is 18.0. The smallest absolute Gasteiger partial charge is 0.327 e. The van der Waals surface area contributed by atoms with Crippen LogP contribution in [0.5, 0.6) is 0 Å². The van der Waals surface area contributed by atoms with E-state index in [2.05, 4.69) is 15.0 Å². The summed E-state index contributed by atoms with van der Waals surface area (Å²) in [4.78, 5) is 24.0. The van der Waals surface area contributed by atoms with Crippen LogP contribution in [0.3, 0.4) is 0 Å². The molecule has 1 aliphatic rings. The average Bonchev–Trinajstić information content (AvgIpc) is 3.29. The molecule has 1 aromatic carbocycles. The van der Waals surface area contributed by atoms with E-state index < -0.39 is 0 Å². The lowest BCUT2D eigenvalue weighted by atomic mass is 10.1. The molecule has 3 aromatic rings.